The van der Waals surface area contributed by atoms with Crippen LogP contribution >= 0.6 is 11.3 Å². The van der Waals surface area contributed by atoms with Crippen molar-refractivity contribution in [3.8, 4) is 44.5 Å². The van der Waals surface area contributed by atoms with Gasteiger partial charge in [-0.1, -0.05) is 198 Å². The Morgan fingerprint density at radius 1 is 0.486 bits per heavy atom. The van der Waals surface area contributed by atoms with Gasteiger partial charge in [0.25, 0.3) is 6.71 Å². The van der Waals surface area contributed by atoms with Crippen molar-refractivity contribution in [3.05, 3.63) is 244 Å². The molecule has 14 rings (SSSR count). The normalized spacial score (nSPS) is 14.2. The van der Waals surface area contributed by atoms with E-state index in [9.17, 15) is 0 Å². The van der Waals surface area contributed by atoms with E-state index < -0.39 is 5.41 Å². The Morgan fingerprint density at radius 2 is 1.11 bits per heavy atom. The summed E-state index contributed by atoms with van der Waals surface area (Å²) >= 11 is 2.06. The molecule has 10 aromatic rings. The standard InChI is InChI=1S/C68H55BN2S/c1-41(2)45-27-34-50(44-18-10-8-11-19-44)54(39-45)46-28-35-58-59(40-46)70(49-31-29-47(30-32-49)67(5,6)7)60-37-43(4)38-61-63(60)69(58)66-64(71(61)48-20-12-9-13-21-48)62-53-33-26-42(3)36-57(53)68(65(62)72-66)55-24-16-14-22-51(55)52-23-15-17-25-56(52)68/h8-41H,1-7H3. The number of hydrogen-bond acceptors (Lipinski definition) is 3. The number of fused-ring (bicyclic) bond motifs is 15. The second kappa shape index (κ2) is 15.7. The van der Waals surface area contributed by atoms with Gasteiger partial charge in [-0.05, 0) is 151 Å². The number of thiophene rings is 1. The molecule has 1 aromatic heterocycles. The van der Waals surface area contributed by atoms with E-state index in [1.54, 1.807) is 0 Å². The van der Waals surface area contributed by atoms with Gasteiger partial charge < -0.3 is 9.80 Å². The number of aryl methyl sites for hydroxylation is 2. The van der Waals surface area contributed by atoms with Crippen LogP contribution in [0.25, 0.3) is 44.5 Å². The zero-order valence-electron chi connectivity index (χ0n) is 42.0. The van der Waals surface area contributed by atoms with Gasteiger partial charge in [0, 0.05) is 43.7 Å². The van der Waals surface area contributed by atoms with Gasteiger partial charge in [-0.2, -0.15) is 0 Å². The minimum atomic E-state index is -0.462. The van der Waals surface area contributed by atoms with E-state index in [4.69, 9.17) is 0 Å². The molecule has 0 amide bonds. The molecule has 2 aliphatic heterocycles. The Balaban J connectivity index is 1.10. The lowest BCUT2D eigenvalue weighted by molar-refractivity contribution is 0.590. The molecule has 3 heterocycles. The first-order valence-electron chi connectivity index (χ1n) is 25.7. The molecule has 72 heavy (non-hydrogen) atoms. The van der Waals surface area contributed by atoms with Crippen LogP contribution < -0.4 is 25.5 Å². The van der Waals surface area contributed by atoms with Crippen molar-refractivity contribution in [1.82, 2.24) is 0 Å². The van der Waals surface area contributed by atoms with Gasteiger partial charge in [-0.3, -0.25) is 0 Å². The predicted octanol–water partition coefficient (Wildman–Crippen LogP) is 16.5. The van der Waals surface area contributed by atoms with Gasteiger partial charge in [-0.15, -0.1) is 11.3 Å². The van der Waals surface area contributed by atoms with Gasteiger partial charge in [-0.25, -0.2) is 0 Å². The van der Waals surface area contributed by atoms with Gasteiger partial charge in [0.15, 0.2) is 0 Å². The molecule has 0 unspecified atom stereocenters. The van der Waals surface area contributed by atoms with Crippen molar-refractivity contribution in [2.45, 2.75) is 65.2 Å². The van der Waals surface area contributed by atoms with Crippen molar-refractivity contribution >= 4 is 67.9 Å². The van der Waals surface area contributed by atoms with Gasteiger partial charge in [0.05, 0.1) is 11.1 Å². The first kappa shape index (κ1) is 43.2. The fourth-order valence-electron chi connectivity index (χ4n) is 13.0. The van der Waals surface area contributed by atoms with Gasteiger partial charge >= 0.3 is 0 Å². The molecular weight excluding hydrogens is 888 g/mol. The minimum Gasteiger partial charge on any atom is -0.311 e. The van der Waals surface area contributed by atoms with Gasteiger partial charge in [0.2, 0.25) is 0 Å². The highest BCUT2D eigenvalue weighted by Gasteiger charge is 2.57. The van der Waals surface area contributed by atoms with E-state index in [1.807, 2.05) is 0 Å². The maximum Gasteiger partial charge on any atom is 0.264 e. The molecule has 0 atom stereocenters. The Hall–Kier alpha value is -7.66. The highest BCUT2D eigenvalue weighted by atomic mass is 32.1. The highest BCUT2D eigenvalue weighted by Crippen LogP contribution is 2.67. The SMILES string of the molecule is Cc1cc2c3c(c1)N(c1ccccc1)c1c(sc4c1-c1ccc(C)cc1C41c4ccccc4-c4ccccc41)B3c1ccc(-c3cc(C(C)C)ccc3-c3ccccc3)cc1N2c1ccc(C(C)(C)C)cc1. The molecule has 0 saturated carbocycles. The van der Waals surface area contributed by atoms with E-state index in [-0.39, 0.29) is 12.1 Å². The maximum absolute atomic E-state index is 2.65. The van der Waals surface area contributed by atoms with E-state index in [0.717, 1.165) is 0 Å². The maximum atomic E-state index is 2.65. The van der Waals surface area contributed by atoms with Crippen molar-refractivity contribution in [2.24, 2.45) is 0 Å². The Bertz CT molecular complexity index is 3810. The summed E-state index contributed by atoms with van der Waals surface area (Å²) in [5.41, 5.74) is 29.3. The number of benzene rings is 9. The summed E-state index contributed by atoms with van der Waals surface area (Å²) in [5, 5.41) is 0. The zero-order chi connectivity index (χ0) is 48.8. The summed E-state index contributed by atoms with van der Waals surface area (Å²) in [4.78, 5) is 6.67. The number of hydrogen-bond donors (Lipinski definition) is 0. The topological polar surface area (TPSA) is 6.48 Å². The van der Waals surface area contributed by atoms with Crippen LogP contribution in [-0.2, 0) is 10.8 Å². The second-order valence-corrected chi connectivity index (χ2v) is 23.0. The van der Waals surface area contributed by atoms with Crippen LogP contribution in [-0.4, -0.2) is 6.71 Å². The molecule has 0 fully saturated rings. The fraction of sp³-hybridized carbons (Fsp3) is 0.147. The van der Waals surface area contributed by atoms with E-state index >= 15 is 0 Å². The molecule has 0 saturated heterocycles. The Kier molecular flexibility index (Phi) is 9.39. The molecule has 0 radical (unpaired) electrons. The van der Waals surface area contributed by atoms with Crippen LogP contribution in [0.4, 0.5) is 34.1 Å². The monoisotopic (exact) mass is 942 g/mol. The third-order valence-corrected chi connectivity index (χ3v) is 17.6. The van der Waals surface area contributed by atoms with Crippen LogP contribution in [0.15, 0.2) is 200 Å². The number of para-hydroxylation sites is 1. The van der Waals surface area contributed by atoms with Gasteiger partial charge in [0.1, 0.15) is 0 Å². The van der Waals surface area contributed by atoms with Crippen molar-refractivity contribution < 1.29 is 0 Å². The Labute approximate surface area is 429 Å². The summed E-state index contributed by atoms with van der Waals surface area (Å²) in [5.74, 6) is 0.391. The van der Waals surface area contributed by atoms with Crippen LogP contribution in [0.1, 0.15) is 84.4 Å². The molecule has 9 aromatic carbocycles. The number of nitrogens with zero attached hydrogens (tertiary/aromatic N) is 2. The summed E-state index contributed by atoms with van der Waals surface area (Å²) in [6.45, 7) is 16.1. The van der Waals surface area contributed by atoms with Crippen molar-refractivity contribution in [2.75, 3.05) is 9.80 Å². The van der Waals surface area contributed by atoms with E-state index in [0.29, 0.717) is 5.92 Å². The summed E-state index contributed by atoms with van der Waals surface area (Å²) in [6, 6.07) is 76.8. The zero-order valence-corrected chi connectivity index (χ0v) is 42.8. The lowest BCUT2D eigenvalue weighted by Crippen LogP contribution is -2.60. The lowest BCUT2D eigenvalue weighted by atomic mass is 9.36. The second-order valence-electron chi connectivity index (χ2n) is 22.0. The lowest BCUT2D eigenvalue weighted by Gasteiger charge is -2.44. The molecule has 346 valence electrons. The third-order valence-electron chi connectivity index (χ3n) is 16.3. The molecule has 4 heteroatoms. The molecule has 4 aliphatic rings. The van der Waals surface area contributed by atoms with Crippen molar-refractivity contribution in [3.63, 3.8) is 0 Å². The summed E-state index contributed by atoms with van der Waals surface area (Å²) in [6.07, 6.45) is 0. The van der Waals surface area contributed by atoms with E-state index in [2.05, 4.69) is 270 Å². The average molecular weight is 943 g/mol. The van der Waals surface area contributed by atoms with Crippen LogP contribution in [0.2, 0.25) is 0 Å². The molecule has 1 spiro atoms. The predicted molar refractivity (Wildman–Crippen MR) is 308 cm³/mol. The fourth-order valence-corrected chi connectivity index (χ4v) is 14.6. The van der Waals surface area contributed by atoms with Crippen molar-refractivity contribution in [1.29, 1.82) is 0 Å². The first-order valence-corrected chi connectivity index (χ1v) is 26.5. The summed E-state index contributed by atoms with van der Waals surface area (Å²) in [7, 11) is 0. The van der Waals surface area contributed by atoms with Crippen LogP contribution in [0.5, 0.6) is 0 Å². The number of anilines is 6. The summed E-state index contributed by atoms with van der Waals surface area (Å²) < 4.78 is 1.40. The average Bonchev–Trinajstić information content (AvgIpc) is 4.04. The first-order chi connectivity index (χ1) is 35.0. The molecule has 0 bridgehead atoms. The van der Waals surface area contributed by atoms with Crippen LogP contribution in [0, 0.1) is 13.8 Å². The molecule has 2 aliphatic carbocycles. The molecular formula is C68H55BN2S. The Morgan fingerprint density at radius 3 is 1.79 bits per heavy atom. The highest BCUT2D eigenvalue weighted by molar-refractivity contribution is 7.30. The third kappa shape index (κ3) is 6.02. The smallest absolute Gasteiger partial charge is 0.264 e. The number of rotatable bonds is 5. The minimum absolute atomic E-state index is 0.0234. The quantitative estimate of drug-likeness (QED) is 0.159. The van der Waals surface area contributed by atoms with Crippen LogP contribution in [0.3, 0.4) is 0 Å². The van der Waals surface area contributed by atoms with E-state index in [1.165, 1.54) is 138 Å². The largest absolute Gasteiger partial charge is 0.311 e. The molecule has 2 nitrogen and oxygen atoms in total. The molecule has 0 N–H and O–H groups in total.